The third kappa shape index (κ3) is 10.6. The second-order valence-electron chi connectivity index (χ2n) is 9.90. The maximum atomic E-state index is 14.3. The van der Waals surface area contributed by atoms with Gasteiger partial charge in [-0.25, -0.2) is 4.39 Å². The molecule has 0 aliphatic rings. The topological polar surface area (TPSA) is 88.7 Å². The van der Waals surface area contributed by atoms with Crippen molar-refractivity contribution in [3.8, 4) is 0 Å². The highest BCUT2D eigenvalue weighted by Crippen LogP contribution is 2.59. The Morgan fingerprint density at radius 1 is 0.857 bits per heavy atom. The summed E-state index contributed by atoms with van der Waals surface area (Å²) in [4.78, 5) is 13.4. The summed E-state index contributed by atoms with van der Waals surface area (Å²) < 4.78 is 40.4. The minimum atomic E-state index is -3.74. The van der Waals surface area contributed by atoms with E-state index in [1.807, 2.05) is 74.5 Å². The Morgan fingerprint density at radius 3 is 2.02 bits per heavy atom. The zero-order valence-electron chi connectivity index (χ0n) is 24.3. The molecule has 1 unspecified atom stereocenters. The number of hydrogen-bond acceptors (Lipinski definition) is 5. The van der Waals surface area contributed by atoms with E-state index in [0.29, 0.717) is 17.5 Å². The molecular formula is C32H41FN3O4PS. The Bertz CT molecular complexity index is 1290. The van der Waals surface area contributed by atoms with Crippen LogP contribution in [0.1, 0.15) is 62.0 Å². The summed E-state index contributed by atoms with van der Waals surface area (Å²) >= 11 is 5.69. The van der Waals surface area contributed by atoms with Gasteiger partial charge in [-0.3, -0.25) is 9.36 Å². The van der Waals surface area contributed by atoms with E-state index >= 15 is 0 Å². The molecule has 0 spiro atoms. The highest BCUT2D eigenvalue weighted by molar-refractivity contribution is 7.80. The van der Waals surface area contributed by atoms with Gasteiger partial charge in [-0.05, 0) is 42.3 Å². The fraction of sp³-hybridized carbons (Fsp3) is 0.375. The normalized spacial score (nSPS) is 12.7. The maximum Gasteiger partial charge on any atom is 0.357 e. The fourth-order valence-electron chi connectivity index (χ4n) is 4.17. The van der Waals surface area contributed by atoms with Gasteiger partial charge in [0.1, 0.15) is 11.9 Å². The van der Waals surface area contributed by atoms with Gasteiger partial charge >= 0.3 is 7.60 Å². The summed E-state index contributed by atoms with van der Waals surface area (Å²) in [5.74, 6) is -1.65. The number of halogens is 1. The Labute approximate surface area is 254 Å². The molecule has 0 aliphatic carbocycles. The Morgan fingerprint density at radius 2 is 1.43 bits per heavy atom. The number of nitrogens with one attached hydrogen (secondary N) is 3. The number of unbranched alkanes of at least 4 members (excludes halogenated alkanes) is 2. The van der Waals surface area contributed by atoms with Crippen molar-refractivity contribution >= 4 is 30.8 Å². The quantitative estimate of drug-likeness (QED) is 0.0855. The van der Waals surface area contributed by atoms with Crippen LogP contribution >= 0.6 is 19.8 Å². The van der Waals surface area contributed by atoms with E-state index in [2.05, 4.69) is 16.0 Å². The van der Waals surface area contributed by atoms with E-state index in [9.17, 15) is 13.8 Å². The zero-order chi connectivity index (χ0) is 30.2. The molecule has 0 saturated heterocycles. The standard InChI is InChI=1S/C32H41FN3O4PS/c1-3-5-21-39-41(38,40-22-6-4-2)31(26-17-11-8-12-18-26)36-32(42)35-29(23-25-15-9-7-10-16-25)30(37)34-24-27-19-13-14-20-28(27)33/h7-20,29,31H,3-6,21-24H2,1-2H3,(H,34,37)(H2,35,36,42)/t29-,31?/m1/s1. The molecule has 10 heteroatoms. The summed E-state index contributed by atoms with van der Waals surface area (Å²) in [6.07, 6.45) is 3.53. The molecule has 3 N–H and O–H groups in total. The first-order chi connectivity index (χ1) is 20.4. The zero-order valence-corrected chi connectivity index (χ0v) is 26.0. The lowest BCUT2D eigenvalue weighted by Gasteiger charge is -2.30. The fourth-order valence-corrected chi connectivity index (χ4v) is 6.48. The lowest BCUT2D eigenvalue weighted by Crippen LogP contribution is -2.51. The molecule has 0 bridgehead atoms. The molecule has 0 fully saturated rings. The number of thiocarbonyl (C=S) groups is 1. The van der Waals surface area contributed by atoms with Crippen LogP contribution in [0.3, 0.4) is 0 Å². The first-order valence-corrected chi connectivity index (χ1v) is 16.4. The van der Waals surface area contributed by atoms with Crippen molar-refractivity contribution in [2.24, 2.45) is 0 Å². The summed E-state index contributed by atoms with van der Waals surface area (Å²) in [6.45, 7) is 4.64. The number of carbonyl (C=O) groups is 1. The predicted octanol–water partition coefficient (Wildman–Crippen LogP) is 7.04. The van der Waals surface area contributed by atoms with Crippen LogP contribution < -0.4 is 16.0 Å². The van der Waals surface area contributed by atoms with Crippen LogP contribution in [0.2, 0.25) is 0 Å². The van der Waals surface area contributed by atoms with Gasteiger partial charge in [0.15, 0.2) is 10.9 Å². The van der Waals surface area contributed by atoms with Crippen molar-refractivity contribution in [1.29, 1.82) is 0 Å². The van der Waals surface area contributed by atoms with Crippen LogP contribution in [0.15, 0.2) is 84.9 Å². The SMILES string of the molecule is CCCCOP(=O)(OCCCC)C(NC(=S)N[C@H](Cc1ccccc1)C(=O)NCc1ccccc1F)c1ccccc1. The Kier molecular flexibility index (Phi) is 14.1. The highest BCUT2D eigenvalue weighted by Gasteiger charge is 2.38. The number of amides is 1. The van der Waals surface area contributed by atoms with Crippen molar-refractivity contribution in [2.45, 2.75) is 64.3 Å². The van der Waals surface area contributed by atoms with Crippen LogP contribution in [0.4, 0.5) is 4.39 Å². The van der Waals surface area contributed by atoms with Crippen LogP contribution in [-0.4, -0.2) is 30.3 Å². The molecule has 1 amide bonds. The van der Waals surface area contributed by atoms with Crippen molar-refractivity contribution in [1.82, 2.24) is 16.0 Å². The van der Waals surface area contributed by atoms with E-state index in [4.69, 9.17) is 21.3 Å². The number of benzene rings is 3. The highest BCUT2D eigenvalue weighted by atomic mass is 32.1. The second kappa shape index (κ2) is 17.8. The average Bonchev–Trinajstić information content (AvgIpc) is 3.00. The lowest BCUT2D eigenvalue weighted by molar-refractivity contribution is -0.122. The smallest absolute Gasteiger partial charge is 0.351 e. The van der Waals surface area contributed by atoms with Gasteiger partial charge < -0.3 is 25.0 Å². The minimum absolute atomic E-state index is 0.0248. The Hall–Kier alpha value is -3.10. The van der Waals surface area contributed by atoms with Gasteiger partial charge in [-0.2, -0.15) is 0 Å². The van der Waals surface area contributed by atoms with Gasteiger partial charge in [0.2, 0.25) is 5.91 Å². The molecule has 7 nitrogen and oxygen atoms in total. The minimum Gasteiger partial charge on any atom is -0.351 e. The molecule has 0 aromatic heterocycles. The van der Waals surface area contributed by atoms with E-state index in [-0.39, 0.29) is 30.8 Å². The summed E-state index contributed by atoms with van der Waals surface area (Å²) in [7, 11) is -3.74. The molecule has 0 aliphatic heterocycles. The largest absolute Gasteiger partial charge is 0.357 e. The summed E-state index contributed by atoms with van der Waals surface area (Å²) in [5, 5.41) is 9.19. The first kappa shape index (κ1) is 33.4. The molecule has 42 heavy (non-hydrogen) atoms. The first-order valence-electron chi connectivity index (χ1n) is 14.4. The van der Waals surface area contributed by atoms with Crippen LogP contribution in [-0.2, 0) is 31.4 Å². The summed E-state index contributed by atoms with van der Waals surface area (Å²) in [5.41, 5.74) is 1.97. The van der Waals surface area contributed by atoms with E-state index in [0.717, 1.165) is 31.2 Å². The van der Waals surface area contributed by atoms with Gasteiger partial charge in [0.05, 0.1) is 13.2 Å². The monoisotopic (exact) mass is 613 g/mol. The van der Waals surface area contributed by atoms with Gasteiger partial charge in [0.25, 0.3) is 0 Å². The van der Waals surface area contributed by atoms with E-state index < -0.39 is 25.2 Å². The molecule has 3 aromatic rings. The third-order valence-electron chi connectivity index (χ3n) is 6.55. The van der Waals surface area contributed by atoms with Gasteiger partial charge in [0, 0.05) is 18.5 Å². The molecule has 226 valence electrons. The maximum absolute atomic E-state index is 14.3. The summed E-state index contributed by atoms with van der Waals surface area (Å²) in [6, 6.07) is 24.2. The van der Waals surface area contributed by atoms with Crippen molar-refractivity contribution in [3.63, 3.8) is 0 Å². The molecule has 0 heterocycles. The van der Waals surface area contributed by atoms with Gasteiger partial charge in [-0.15, -0.1) is 0 Å². The molecule has 3 aromatic carbocycles. The van der Waals surface area contributed by atoms with Crippen molar-refractivity contribution in [3.05, 3.63) is 107 Å². The molecule has 2 atom stereocenters. The van der Waals surface area contributed by atoms with Gasteiger partial charge in [-0.1, -0.05) is 106 Å². The Balaban J connectivity index is 1.83. The third-order valence-corrected chi connectivity index (χ3v) is 8.93. The van der Waals surface area contributed by atoms with Crippen molar-refractivity contribution < 1.29 is 22.8 Å². The van der Waals surface area contributed by atoms with E-state index in [1.165, 1.54) is 6.07 Å². The van der Waals surface area contributed by atoms with Crippen LogP contribution in [0.5, 0.6) is 0 Å². The number of hydrogen-bond donors (Lipinski definition) is 3. The van der Waals surface area contributed by atoms with E-state index in [1.54, 1.807) is 18.2 Å². The van der Waals surface area contributed by atoms with Crippen molar-refractivity contribution in [2.75, 3.05) is 13.2 Å². The average molecular weight is 614 g/mol. The molecule has 0 saturated carbocycles. The molecule has 3 rings (SSSR count). The second-order valence-corrected chi connectivity index (χ2v) is 12.4. The predicted molar refractivity (Wildman–Crippen MR) is 170 cm³/mol. The lowest BCUT2D eigenvalue weighted by atomic mass is 10.1. The number of carbonyl (C=O) groups excluding carboxylic acids is 1. The number of rotatable bonds is 17. The van der Waals surface area contributed by atoms with Crippen LogP contribution in [0.25, 0.3) is 0 Å². The van der Waals surface area contributed by atoms with Crippen LogP contribution in [0, 0.1) is 5.82 Å². The molecule has 0 radical (unpaired) electrons. The molecular weight excluding hydrogens is 572 g/mol.